The summed E-state index contributed by atoms with van der Waals surface area (Å²) >= 11 is 0. The van der Waals surface area contributed by atoms with E-state index in [1.54, 1.807) is 20.1 Å². The van der Waals surface area contributed by atoms with E-state index >= 15 is 0 Å². The van der Waals surface area contributed by atoms with Crippen molar-refractivity contribution >= 4 is 11.6 Å². The van der Waals surface area contributed by atoms with Crippen LogP contribution in [0.3, 0.4) is 0 Å². The number of methoxy groups -OCH3 is 1. The molecule has 150 valence electrons. The van der Waals surface area contributed by atoms with Crippen molar-refractivity contribution in [2.75, 3.05) is 12.8 Å². The number of anilines is 1. The van der Waals surface area contributed by atoms with Crippen LogP contribution in [0.4, 0.5) is 5.69 Å². The highest BCUT2D eigenvalue weighted by atomic mass is 16.7. The molecule has 7 heteroatoms. The van der Waals surface area contributed by atoms with Crippen LogP contribution in [0.1, 0.15) is 12.5 Å². The predicted molar refractivity (Wildman–Crippen MR) is 112 cm³/mol. The Hall–Kier alpha value is -3.58. The first kappa shape index (κ1) is 20.2. The third kappa shape index (κ3) is 5.24. The Balaban J connectivity index is 1.58. The van der Waals surface area contributed by atoms with Gasteiger partial charge >= 0.3 is 0 Å². The average molecular weight is 392 g/mol. The second-order valence-electron chi connectivity index (χ2n) is 6.43. The number of nitrogens with one attached hydrogen (secondary N) is 2. The third-order valence-electron chi connectivity index (χ3n) is 4.33. The molecule has 1 heterocycles. The van der Waals surface area contributed by atoms with Gasteiger partial charge in [-0.1, -0.05) is 48.5 Å². The molecule has 0 saturated carbocycles. The van der Waals surface area contributed by atoms with Gasteiger partial charge in [-0.2, -0.15) is 0 Å². The van der Waals surface area contributed by atoms with Crippen LogP contribution in [0.2, 0.25) is 0 Å². The van der Waals surface area contributed by atoms with Crippen molar-refractivity contribution in [3.63, 3.8) is 0 Å². The molecule has 1 atom stereocenters. The first-order chi connectivity index (χ1) is 14.1. The first-order valence-corrected chi connectivity index (χ1v) is 9.22. The number of nitrogens with zero attached hydrogens (tertiary/aromatic N) is 1. The summed E-state index contributed by atoms with van der Waals surface area (Å²) in [5, 5.41) is 2.85. The zero-order chi connectivity index (χ0) is 20.6. The van der Waals surface area contributed by atoms with E-state index in [-0.39, 0.29) is 11.8 Å². The lowest BCUT2D eigenvalue weighted by atomic mass is 10.1. The summed E-state index contributed by atoms with van der Waals surface area (Å²) < 4.78 is 5.29. The molecule has 0 aliphatic carbocycles. The van der Waals surface area contributed by atoms with E-state index < -0.39 is 6.04 Å². The van der Waals surface area contributed by atoms with E-state index in [1.807, 2.05) is 60.7 Å². The Labute approximate surface area is 169 Å². The second kappa shape index (κ2) is 9.57. The number of rotatable bonds is 8. The van der Waals surface area contributed by atoms with Crippen LogP contribution >= 0.6 is 0 Å². The first-order valence-electron chi connectivity index (χ1n) is 9.22. The fraction of sp³-hybridized carbons (Fsp3) is 0.182. The number of hydroxylamine groups is 1. The van der Waals surface area contributed by atoms with Gasteiger partial charge in [0.25, 0.3) is 5.88 Å². The molecule has 4 N–H and O–H groups in total. The van der Waals surface area contributed by atoms with E-state index in [1.165, 1.54) is 0 Å². The molecule has 0 radical (unpaired) electrons. The van der Waals surface area contributed by atoms with E-state index in [0.717, 1.165) is 22.6 Å². The Morgan fingerprint density at radius 2 is 1.79 bits per heavy atom. The monoisotopic (exact) mass is 392 g/mol. The highest BCUT2D eigenvalue weighted by Gasteiger charge is 2.15. The van der Waals surface area contributed by atoms with Crippen molar-refractivity contribution in [2.24, 2.45) is 0 Å². The van der Waals surface area contributed by atoms with Gasteiger partial charge in [0.1, 0.15) is 11.8 Å². The highest BCUT2D eigenvalue weighted by Crippen LogP contribution is 2.24. The number of benzene rings is 2. The third-order valence-corrected chi connectivity index (χ3v) is 4.33. The standard InChI is InChI=1S/C22H24N4O3/c1-15(21(27)24-14-17-10-6-7-11-20(17)28-2)26-29-22-18(23)12-13-19(25-22)16-8-4-3-5-9-16/h3-13,15,26H,14,23H2,1-2H3,(H,24,27)/t15-/m1/s1. The maximum absolute atomic E-state index is 12.4. The normalized spacial score (nSPS) is 11.5. The predicted octanol–water partition coefficient (Wildman–Crippen LogP) is 2.93. The summed E-state index contributed by atoms with van der Waals surface area (Å²) in [4.78, 5) is 22.3. The lowest BCUT2D eigenvalue weighted by Gasteiger charge is -2.16. The molecule has 3 rings (SSSR count). The van der Waals surface area contributed by atoms with Crippen molar-refractivity contribution in [1.82, 2.24) is 15.8 Å². The number of pyridine rings is 1. The molecule has 1 aromatic heterocycles. The fourth-order valence-electron chi connectivity index (χ4n) is 2.68. The number of hydrogen-bond donors (Lipinski definition) is 3. The molecular weight excluding hydrogens is 368 g/mol. The largest absolute Gasteiger partial charge is 0.496 e. The van der Waals surface area contributed by atoms with Crippen LogP contribution in [-0.4, -0.2) is 24.0 Å². The summed E-state index contributed by atoms with van der Waals surface area (Å²) in [6.07, 6.45) is 0. The van der Waals surface area contributed by atoms with E-state index in [0.29, 0.717) is 12.2 Å². The minimum atomic E-state index is -0.619. The van der Waals surface area contributed by atoms with E-state index in [2.05, 4.69) is 15.8 Å². The van der Waals surface area contributed by atoms with Gasteiger partial charge in [0, 0.05) is 17.7 Å². The summed E-state index contributed by atoms with van der Waals surface area (Å²) in [6.45, 7) is 2.04. The molecule has 0 saturated heterocycles. The Bertz CT molecular complexity index is 963. The number of amides is 1. The van der Waals surface area contributed by atoms with Gasteiger partial charge in [-0.3, -0.25) is 4.79 Å². The number of nitrogens with two attached hydrogens (primary N) is 1. The number of nitrogen functional groups attached to an aromatic ring is 1. The van der Waals surface area contributed by atoms with Crippen molar-refractivity contribution in [2.45, 2.75) is 19.5 Å². The van der Waals surface area contributed by atoms with Crippen LogP contribution in [0, 0.1) is 0 Å². The fourth-order valence-corrected chi connectivity index (χ4v) is 2.68. The molecule has 0 aliphatic heterocycles. The van der Waals surface area contributed by atoms with Crippen molar-refractivity contribution in [3.8, 4) is 22.9 Å². The summed E-state index contributed by atoms with van der Waals surface area (Å²) in [5.74, 6) is 0.712. The minimum absolute atomic E-state index is 0.218. The van der Waals surface area contributed by atoms with Gasteiger partial charge in [0.2, 0.25) is 5.91 Å². The topological polar surface area (TPSA) is 98.5 Å². The van der Waals surface area contributed by atoms with Gasteiger partial charge in [0.05, 0.1) is 18.5 Å². The molecular formula is C22H24N4O3. The zero-order valence-electron chi connectivity index (χ0n) is 16.4. The SMILES string of the molecule is COc1ccccc1CNC(=O)[C@@H](C)NOc1nc(-c2ccccc2)ccc1N. The summed E-state index contributed by atoms with van der Waals surface area (Å²) in [5.41, 5.74) is 11.6. The van der Waals surface area contributed by atoms with Crippen molar-refractivity contribution in [1.29, 1.82) is 0 Å². The van der Waals surface area contributed by atoms with E-state index in [4.69, 9.17) is 15.3 Å². The summed E-state index contributed by atoms with van der Waals surface area (Å²) in [6, 6.07) is 20.1. The Kier molecular flexibility index (Phi) is 6.65. The summed E-state index contributed by atoms with van der Waals surface area (Å²) in [7, 11) is 1.60. The van der Waals surface area contributed by atoms with Crippen LogP contribution in [0.15, 0.2) is 66.7 Å². The Morgan fingerprint density at radius 3 is 2.55 bits per heavy atom. The minimum Gasteiger partial charge on any atom is -0.496 e. The number of carbonyl (C=O) groups excluding carboxylic acids is 1. The number of hydrogen-bond acceptors (Lipinski definition) is 6. The van der Waals surface area contributed by atoms with Crippen molar-refractivity contribution < 1.29 is 14.4 Å². The van der Waals surface area contributed by atoms with Crippen LogP contribution in [0.25, 0.3) is 11.3 Å². The maximum Gasteiger partial charge on any atom is 0.261 e. The number of aromatic nitrogens is 1. The number of carbonyl (C=O) groups is 1. The molecule has 2 aromatic carbocycles. The van der Waals surface area contributed by atoms with Crippen LogP contribution in [0.5, 0.6) is 11.6 Å². The molecule has 1 amide bonds. The van der Waals surface area contributed by atoms with Gasteiger partial charge in [0.15, 0.2) is 0 Å². The maximum atomic E-state index is 12.4. The highest BCUT2D eigenvalue weighted by molar-refractivity contribution is 5.81. The van der Waals surface area contributed by atoms with Crippen LogP contribution < -0.4 is 26.1 Å². The van der Waals surface area contributed by atoms with E-state index in [9.17, 15) is 4.79 Å². The quantitative estimate of drug-likeness (QED) is 0.510. The molecule has 0 unspecified atom stereocenters. The van der Waals surface area contributed by atoms with Gasteiger partial charge in [-0.05, 0) is 25.1 Å². The van der Waals surface area contributed by atoms with Gasteiger partial charge in [-0.25, -0.2) is 4.98 Å². The van der Waals surface area contributed by atoms with Crippen LogP contribution in [-0.2, 0) is 11.3 Å². The molecule has 7 nitrogen and oxygen atoms in total. The average Bonchev–Trinajstić information content (AvgIpc) is 2.77. The molecule has 29 heavy (non-hydrogen) atoms. The van der Waals surface area contributed by atoms with Gasteiger partial charge < -0.3 is 20.6 Å². The molecule has 0 spiro atoms. The number of ether oxygens (including phenoxy) is 1. The Morgan fingerprint density at radius 1 is 1.07 bits per heavy atom. The zero-order valence-corrected chi connectivity index (χ0v) is 16.4. The lowest BCUT2D eigenvalue weighted by molar-refractivity contribution is -0.124. The van der Waals surface area contributed by atoms with Gasteiger partial charge in [-0.15, -0.1) is 5.48 Å². The molecule has 0 aliphatic rings. The smallest absolute Gasteiger partial charge is 0.261 e. The van der Waals surface area contributed by atoms with Crippen molar-refractivity contribution in [3.05, 3.63) is 72.3 Å². The second-order valence-corrected chi connectivity index (χ2v) is 6.43. The molecule has 0 fully saturated rings. The molecule has 0 bridgehead atoms. The number of para-hydroxylation sites is 1. The molecule has 3 aromatic rings. The lowest BCUT2D eigenvalue weighted by Crippen LogP contribution is -2.43.